The maximum Gasteiger partial charge on any atom is 0.416 e. The van der Waals surface area contributed by atoms with Gasteiger partial charge in [0.05, 0.1) is 5.02 Å². The number of benzene rings is 1. The van der Waals surface area contributed by atoms with E-state index < -0.39 is 24.6 Å². The first-order chi connectivity index (χ1) is 7.30. The minimum atomic E-state index is -4.68. The van der Waals surface area contributed by atoms with Gasteiger partial charge in [0.15, 0.2) is 6.10 Å². The van der Waals surface area contributed by atoms with Crippen molar-refractivity contribution >= 4 is 17.3 Å². The molecule has 0 spiro atoms. The van der Waals surface area contributed by atoms with Crippen LogP contribution in [0.2, 0.25) is 5.02 Å². The Labute approximate surface area is 93.8 Å². The fourth-order valence-electron chi connectivity index (χ4n) is 0.936. The van der Waals surface area contributed by atoms with E-state index in [4.69, 9.17) is 16.7 Å². The lowest BCUT2D eigenvalue weighted by Crippen LogP contribution is -2.34. The highest BCUT2D eigenvalue weighted by atomic mass is 35.5. The van der Waals surface area contributed by atoms with Crippen LogP contribution in [0.15, 0.2) is 18.2 Å². The Morgan fingerprint density at radius 2 is 2.00 bits per heavy atom. The van der Waals surface area contributed by atoms with Crippen LogP contribution in [0.5, 0.6) is 0 Å². The van der Waals surface area contributed by atoms with Crippen molar-refractivity contribution < 1.29 is 22.7 Å². The zero-order valence-corrected chi connectivity index (χ0v) is 8.61. The molecule has 0 aliphatic heterocycles. The van der Waals surface area contributed by atoms with E-state index in [0.29, 0.717) is 0 Å². The summed E-state index contributed by atoms with van der Waals surface area (Å²) in [6, 6.07) is 3.38. The Balaban J connectivity index is 2.58. The Hall–Kier alpha value is -1.01. The summed E-state index contributed by atoms with van der Waals surface area (Å²) in [6.07, 6.45) is -7.16. The number of alkyl halides is 3. The van der Waals surface area contributed by atoms with Crippen LogP contribution >= 0.6 is 11.6 Å². The average molecular weight is 258 g/mol. The van der Waals surface area contributed by atoms with Crippen LogP contribution < -0.4 is 5.32 Å². The van der Waals surface area contributed by atoms with Gasteiger partial charge in [0.1, 0.15) is 5.82 Å². The van der Waals surface area contributed by atoms with Crippen molar-refractivity contribution in [2.75, 3.05) is 11.9 Å². The van der Waals surface area contributed by atoms with Crippen LogP contribution in [0.3, 0.4) is 0 Å². The summed E-state index contributed by atoms with van der Waals surface area (Å²) in [5.41, 5.74) is 0.203. The summed E-state index contributed by atoms with van der Waals surface area (Å²) in [7, 11) is 0. The first-order valence-corrected chi connectivity index (χ1v) is 4.62. The molecule has 90 valence electrons. The monoisotopic (exact) mass is 257 g/mol. The molecule has 0 aliphatic rings. The molecule has 1 aromatic rings. The molecule has 1 unspecified atom stereocenters. The number of nitrogens with one attached hydrogen (secondary N) is 1. The lowest BCUT2D eigenvalue weighted by molar-refractivity contribution is -0.198. The standard InChI is InChI=1S/C9H8ClF4NO/c10-6-3-5(1-2-7(6)11)15-4-8(16)9(12,13)14/h1-3,8,15-16H,4H2. The minimum absolute atomic E-state index is 0.202. The van der Waals surface area contributed by atoms with Crippen molar-refractivity contribution in [3.8, 4) is 0 Å². The Bertz CT molecular complexity index is 369. The van der Waals surface area contributed by atoms with Crippen molar-refractivity contribution in [2.45, 2.75) is 12.3 Å². The molecule has 0 fully saturated rings. The summed E-state index contributed by atoms with van der Waals surface area (Å²) in [5, 5.41) is 10.8. The van der Waals surface area contributed by atoms with Gasteiger partial charge in [0.2, 0.25) is 0 Å². The number of aliphatic hydroxyl groups excluding tert-OH is 1. The highest BCUT2D eigenvalue weighted by Gasteiger charge is 2.37. The highest BCUT2D eigenvalue weighted by Crippen LogP contribution is 2.22. The molecule has 0 saturated heterocycles. The molecule has 2 N–H and O–H groups in total. The molecule has 0 amide bonds. The quantitative estimate of drug-likeness (QED) is 0.816. The van der Waals surface area contributed by atoms with Crippen molar-refractivity contribution in [3.05, 3.63) is 29.0 Å². The second kappa shape index (κ2) is 4.88. The molecule has 0 aliphatic carbocycles. The lowest BCUT2D eigenvalue weighted by atomic mass is 10.3. The van der Waals surface area contributed by atoms with Crippen LogP contribution in [0.1, 0.15) is 0 Å². The molecule has 0 aromatic heterocycles. The highest BCUT2D eigenvalue weighted by molar-refractivity contribution is 6.31. The van der Waals surface area contributed by atoms with Crippen molar-refractivity contribution in [1.82, 2.24) is 0 Å². The zero-order valence-electron chi connectivity index (χ0n) is 7.85. The molecule has 1 aromatic carbocycles. The van der Waals surface area contributed by atoms with Gasteiger partial charge in [-0.3, -0.25) is 0 Å². The van der Waals surface area contributed by atoms with Gasteiger partial charge in [-0.15, -0.1) is 0 Å². The van der Waals surface area contributed by atoms with Crippen LogP contribution in [0, 0.1) is 5.82 Å². The number of hydrogen-bond donors (Lipinski definition) is 2. The molecule has 0 heterocycles. The first kappa shape index (κ1) is 13.1. The van der Waals surface area contributed by atoms with Gasteiger partial charge in [-0.25, -0.2) is 4.39 Å². The van der Waals surface area contributed by atoms with E-state index in [9.17, 15) is 17.6 Å². The molecule has 16 heavy (non-hydrogen) atoms. The minimum Gasteiger partial charge on any atom is -0.382 e. The van der Waals surface area contributed by atoms with Gasteiger partial charge >= 0.3 is 6.18 Å². The summed E-state index contributed by atoms with van der Waals surface area (Å²) >= 11 is 5.42. The van der Waals surface area contributed by atoms with Crippen LogP contribution in [-0.2, 0) is 0 Å². The van der Waals surface area contributed by atoms with Crippen LogP contribution in [0.4, 0.5) is 23.2 Å². The third-order valence-electron chi connectivity index (χ3n) is 1.80. The van der Waals surface area contributed by atoms with E-state index in [1.807, 2.05) is 0 Å². The van der Waals surface area contributed by atoms with Crippen molar-refractivity contribution in [3.63, 3.8) is 0 Å². The van der Waals surface area contributed by atoms with E-state index in [2.05, 4.69) is 5.32 Å². The number of hydrogen-bond acceptors (Lipinski definition) is 2. The fourth-order valence-corrected chi connectivity index (χ4v) is 1.12. The molecular weight excluding hydrogens is 250 g/mol. The van der Waals surface area contributed by atoms with Gasteiger partial charge in [0.25, 0.3) is 0 Å². The van der Waals surface area contributed by atoms with E-state index >= 15 is 0 Å². The lowest BCUT2D eigenvalue weighted by Gasteiger charge is -2.15. The van der Waals surface area contributed by atoms with Gasteiger partial charge in [-0.05, 0) is 18.2 Å². The van der Waals surface area contributed by atoms with Gasteiger partial charge in [0, 0.05) is 12.2 Å². The van der Waals surface area contributed by atoms with E-state index in [-0.39, 0.29) is 10.7 Å². The maximum atomic E-state index is 12.7. The Morgan fingerprint density at radius 3 is 2.50 bits per heavy atom. The second-order valence-electron chi connectivity index (χ2n) is 3.07. The predicted octanol–water partition coefficient (Wildman–Crippen LogP) is 2.81. The number of aliphatic hydroxyl groups is 1. The van der Waals surface area contributed by atoms with Crippen molar-refractivity contribution in [2.24, 2.45) is 0 Å². The molecule has 2 nitrogen and oxygen atoms in total. The average Bonchev–Trinajstić information content (AvgIpc) is 2.18. The molecule has 1 atom stereocenters. The fraction of sp³-hybridized carbons (Fsp3) is 0.333. The largest absolute Gasteiger partial charge is 0.416 e. The van der Waals surface area contributed by atoms with E-state index in [1.54, 1.807) is 0 Å². The third-order valence-corrected chi connectivity index (χ3v) is 2.09. The summed E-state index contributed by atoms with van der Waals surface area (Å²) in [6.45, 7) is -0.717. The number of rotatable bonds is 3. The molecule has 1 rings (SSSR count). The van der Waals surface area contributed by atoms with Gasteiger partial charge in [-0.2, -0.15) is 13.2 Å². The van der Waals surface area contributed by atoms with Gasteiger partial charge < -0.3 is 10.4 Å². The molecule has 0 radical (unpaired) electrons. The first-order valence-electron chi connectivity index (χ1n) is 4.24. The number of halogens is 5. The number of anilines is 1. The normalized spacial score (nSPS) is 13.6. The van der Waals surface area contributed by atoms with Crippen molar-refractivity contribution in [1.29, 1.82) is 0 Å². The molecule has 0 bridgehead atoms. The topological polar surface area (TPSA) is 32.3 Å². The van der Waals surface area contributed by atoms with E-state index in [1.165, 1.54) is 6.07 Å². The van der Waals surface area contributed by atoms with E-state index in [0.717, 1.165) is 12.1 Å². The summed E-state index contributed by atoms with van der Waals surface area (Å²) in [5.74, 6) is -0.663. The molecule has 7 heteroatoms. The Kier molecular flexibility index (Phi) is 3.98. The molecular formula is C9H8ClF4NO. The van der Waals surface area contributed by atoms with Crippen LogP contribution in [-0.4, -0.2) is 23.9 Å². The molecule has 0 saturated carbocycles. The Morgan fingerprint density at radius 1 is 1.38 bits per heavy atom. The zero-order chi connectivity index (χ0) is 12.3. The summed E-state index contributed by atoms with van der Waals surface area (Å²) in [4.78, 5) is 0. The summed E-state index contributed by atoms with van der Waals surface area (Å²) < 4.78 is 48.5. The smallest absolute Gasteiger partial charge is 0.382 e. The SMILES string of the molecule is OC(CNc1ccc(F)c(Cl)c1)C(F)(F)F. The second-order valence-corrected chi connectivity index (χ2v) is 3.47. The third kappa shape index (κ3) is 3.53. The van der Waals surface area contributed by atoms with Crippen LogP contribution in [0.25, 0.3) is 0 Å². The predicted molar refractivity (Wildman–Crippen MR) is 52.0 cm³/mol. The van der Waals surface area contributed by atoms with Gasteiger partial charge in [-0.1, -0.05) is 11.6 Å². The maximum absolute atomic E-state index is 12.7.